The number of methoxy groups -OCH3 is 1. The molecule has 7 heteroatoms. The van der Waals surface area contributed by atoms with E-state index in [1.54, 1.807) is 7.11 Å². The average Bonchev–Trinajstić information content (AvgIpc) is 3.32. The maximum Gasteiger partial charge on any atom is 0.257 e. The molecule has 0 saturated carbocycles. The lowest BCUT2D eigenvalue weighted by molar-refractivity contribution is -0.123. The molecule has 1 amide bonds. The van der Waals surface area contributed by atoms with Crippen LogP contribution in [0.15, 0.2) is 78.9 Å². The number of carbonyl (C=O) groups is 1. The van der Waals surface area contributed by atoms with Crippen molar-refractivity contribution in [2.24, 2.45) is 0 Å². The van der Waals surface area contributed by atoms with E-state index in [4.69, 9.17) is 19.2 Å². The first-order chi connectivity index (χ1) is 19.2. The monoisotopic (exact) mass is 527 g/mol. The largest absolute Gasteiger partial charge is 0.493 e. The van der Waals surface area contributed by atoms with Crippen LogP contribution in [0.5, 0.6) is 17.2 Å². The van der Waals surface area contributed by atoms with Crippen LogP contribution in [0.2, 0.25) is 0 Å². The molecule has 1 aromatic heterocycles. The lowest BCUT2D eigenvalue weighted by Crippen LogP contribution is -2.30. The number of amides is 1. The van der Waals surface area contributed by atoms with Crippen molar-refractivity contribution in [3.8, 4) is 17.2 Å². The Morgan fingerprint density at radius 1 is 0.949 bits per heavy atom. The molecule has 0 fully saturated rings. The Balaban J connectivity index is 1.25. The molecule has 204 valence electrons. The first-order valence-electron chi connectivity index (χ1n) is 13.5. The van der Waals surface area contributed by atoms with Crippen LogP contribution in [0, 0.1) is 0 Å². The number of carbonyl (C=O) groups excluding carboxylic acids is 1. The minimum atomic E-state index is -0.125. The van der Waals surface area contributed by atoms with Crippen molar-refractivity contribution >= 4 is 23.0 Å². The van der Waals surface area contributed by atoms with Gasteiger partial charge in [0.05, 0.1) is 24.8 Å². The predicted molar refractivity (Wildman–Crippen MR) is 155 cm³/mol. The maximum atomic E-state index is 12.1. The summed E-state index contributed by atoms with van der Waals surface area (Å²) in [5.74, 6) is 3.10. The molecule has 1 heterocycles. The predicted octanol–water partition coefficient (Wildman–Crippen LogP) is 6.07. The van der Waals surface area contributed by atoms with Crippen molar-refractivity contribution in [1.29, 1.82) is 0 Å². The van der Waals surface area contributed by atoms with Gasteiger partial charge in [-0.15, -0.1) is 0 Å². The molecular weight excluding hydrogens is 490 g/mol. The summed E-state index contributed by atoms with van der Waals surface area (Å²) in [6.45, 7) is 4.04. The van der Waals surface area contributed by atoms with Gasteiger partial charge in [-0.2, -0.15) is 0 Å². The quantitative estimate of drug-likeness (QED) is 0.190. The minimum absolute atomic E-state index is 0.0103. The number of benzene rings is 3. The molecule has 1 N–H and O–H groups in total. The van der Waals surface area contributed by atoms with Crippen LogP contribution in [0.4, 0.5) is 0 Å². The summed E-state index contributed by atoms with van der Waals surface area (Å²) < 4.78 is 19.3. The second-order valence-corrected chi connectivity index (χ2v) is 9.19. The fraction of sp³-hybridized carbons (Fsp3) is 0.312. The molecule has 0 aliphatic rings. The van der Waals surface area contributed by atoms with E-state index in [0.29, 0.717) is 18.9 Å². The molecule has 0 radical (unpaired) electrons. The van der Waals surface area contributed by atoms with Crippen molar-refractivity contribution in [3.63, 3.8) is 0 Å². The van der Waals surface area contributed by atoms with Gasteiger partial charge in [0.1, 0.15) is 11.6 Å². The molecule has 7 nitrogen and oxygen atoms in total. The SMILES string of the molecule is C/C=C/c1ccc(OCCCCn2c(CCCNC(=O)COc3ccccc3)nc3ccccc32)c(OC)c1. The van der Waals surface area contributed by atoms with Crippen LogP contribution < -0.4 is 19.5 Å². The Bertz CT molecular complexity index is 1360. The topological polar surface area (TPSA) is 74.6 Å². The van der Waals surface area contributed by atoms with Gasteiger partial charge in [-0.3, -0.25) is 4.79 Å². The number of rotatable bonds is 15. The van der Waals surface area contributed by atoms with Gasteiger partial charge in [-0.25, -0.2) is 4.98 Å². The number of allylic oxidation sites excluding steroid dienone is 1. The molecule has 4 rings (SSSR count). The third kappa shape index (κ3) is 8.11. The molecule has 0 aliphatic heterocycles. The Morgan fingerprint density at radius 2 is 1.77 bits per heavy atom. The Morgan fingerprint density at radius 3 is 2.59 bits per heavy atom. The van der Waals surface area contributed by atoms with Crippen molar-refractivity contribution in [2.45, 2.75) is 39.2 Å². The number of ether oxygens (including phenoxy) is 3. The Kier molecular flexibility index (Phi) is 10.4. The molecule has 0 atom stereocenters. The summed E-state index contributed by atoms with van der Waals surface area (Å²) in [6, 6.07) is 23.5. The fourth-order valence-electron chi connectivity index (χ4n) is 4.41. The van der Waals surface area contributed by atoms with Crippen molar-refractivity contribution in [3.05, 3.63) is 90.3 Å². The summed E-state index contributed by atoms with van der Waals surface area (Å²) in [5, 5.41) is 2.94. The van der Waals surface area contributed by atoms with Gasteiger partial charge >= 0.3 is 0 Å². The van der Waals surface area contributed by atoms with Crippen LogP contribution in [-0.4, -0.2) is 42.3 Å². The van der Waals surface area contributed by atoms with Crippen LogP contribution >= 0.6 is 0 Å². The van der Waals surface area contributed by atoms with E-state index in [-0.39, 0.29) is 12.5 Å². The zero-order valence-corrected chi connectivity index (χ0v) is 22.8. The number of nitrogens with zero attached hydrogens (tertiary/aromatic N) is 2. The van der Waals surface area contributed by atoms with Gasteiger partial charge < -0.3 is 24.1 Å². The molecule has 3 aromatic carbocycles. The first-order valence-corrected chi connectivity index (χ1v) is 13.5. The first kappa shape index (κ1) is 27.8. The smallest absolute Gasteiger partial charge is 0.257 e. The van der Waals surface area contributed by atoms with Crippen LogP contribution in [0.3, 0.4) is 0 Å². The van der Waals surface area contributed by atoms with Crippen molar-refractivity contribution < 1.29 is 19.0 Å². The van der Waals surface area contributed by atoms with Crippen LogP contribution in [0.1, 0.15) is 37.6 Å². The van der Waals surface area contributed by atoms with Gasteiger partial charge in [0.15, 0.2) is 18.1 Å². The van der Waals surface area contributed by atoms with E-state index in [1.807, 2.05) is 85.8 Å². The van der Waals surface area contributed by atoms with E-state index >= 15 is 0 Å². The lowest BCUT2D eigenvalue weighted by Gasteiger charge is -2.12. The van der Waals surface area contributed by atoms with Gasteiger partial charge in [-0.1, -0.05) is 48.6 Å². The highest BCUT2D eigenvalue weighted by atomic mass is 16.5. The summed E-state index contributed by atoms with van der Waals surface area (Å²) in [6.07, 6.45) is 7.48. The maximum absolute atomic E-state index is 12.1. The molecular formula is C32H37N3O4. The average molecular weight is 528 g/mol. The normalized spacial score (nSPS) is 11.1. The van der Waals surface area contributed by atoms with Gasteiger partial charge in [0.25, 0.3) is 5.91 Å². The van der Waals surface area contributed by atoms with E-state index in [2.05, 4.69) is 16.0 Å². The number of fused-ring (bicyclic) bond motifs is 1. The molecule has 39 heavy (non-hydrogen) atoms. The minimum Gasteiger partial charge on any atom is -0.493 e. The second-order valence-electron chi connectivity index (χ2n) is 9.19. The van der Waals surface area contributed by atoms with Crippen molar-refractivity contribution in [1.82, 2.24) is 14.9 Å². The third-order valence-electron chi connectivity index (χ3n) is 6.33. The number of nitrogens with one attached hydrogen (secondary N) is 1. The Hall–Kier alpha value is -4.26. The van der Waals surface area contributed by atoms with E-state index in [9.17, 15) is 4.79 Å². The zero-order valence-electron chi connectivity index (χ0n) is 22.8. The van der Waals surface area contributed by atoms with Crippen molar-refractivity contribution in [2.75, 3.05) is 26.9 Å². The molecule has 4 aromatic rings. The molecule has 0 bridgehead atoms. The Labute approximate surface area is 230 Å². The second kappa shape index (κ2) is 14.6. The number of hydrogen-bond donors (Lipinski definition) is 1. The summed E-state index contributed by atoms with van der Waals surface area (Å²) in [5.41, 5.74) is 3.21. The summed E-state index contributed by atoms with van der Waals surface area (Å²) in [7, 11) is 1.66. The highest BCUT2D eigenvalue weighted by molar-refractivity contribution is 5.77. The number of aromatic nitrogens is 2. The fourth-order valence-corrected chi connectivity index (χ4v) is 4.41. The third-order valence-corrected chi connectivity index (χ3v) is 6.33. The highest BCUT2D eigenvalue weighted by Gasteiger charge is 2.11. The van der Waals surface area contributed by atoms with E-state index in [0.717, 1.165) is 66.1 Å². The number of aryl methyl sites for hydroxylation is 2. The highest BCUT2D eigenvalue weighted by Crippen LogP contribution is 2.29. The lowest BCUT2D eigenvalue weighted by atomic mass is 10.2. The molecule has 0 unspecified atom stereocenters. The van der Waals surface area contributed by atoms with E-state index < -0.39 is 0 Å². The van der Waals surface area contributed by atoms with E-state index in [1.165, 1.54) is 0 Å². The standard InChI is InChI=1S/C32H37N3O4/c1-3-12-25-18-19-29(30(23-25)37-2)38-22-10-9-21-35-28-16-8-7-15-27(28)34-31(35)17-11-20-33-32(36)24-39-26-13-5-4-6-14-26/h3-8,12-16,18-19,23H,9-11,17,20-22,24H2,1-2H3,(H,33,36)/b12-3+. The molecule has 0 aliphatic carbocycles. The number of imidazole rings is 1. The number of hydrogen-bond acceptors (Lipinski definition) is 5. The van der Waals surface area contributed by atoms with Gasteiger partial charge in [-0.05, 0) is 68.1 Å². The summed E-state index contributed by atoms with van der Waals surface area (Å²) in [4.78, 5) is 17.0. The number of para-hydroxylation sites is 3. The zero-order chi connectivity index (χ0) is 27.3. The van der Waals surface area contributed by atoms with Crippen LogP contribution in [0.25, 0.3) is 17.1 Å². The van der Waals surface area contributed by atoms with Crippen LogP contribution in [-0.2, 0) is 17.8 Å². The summed E-state index contributed by atoms with van der Waals surface area (Å²) >= 11 is 0. The molecule has 0 saturated heterocycles. The van der Waals surface area contributed by atoms with Gasteiger partial charge in [0.2, 0.25) is 0 Å². The number of unbranched alkanes of at least 4 members (excludes halogenated alkanes) is 1. The van der Waals surface area contributed by atoms with Gasteiger partial charge in [0, 0.05) is 19.5 Å². The molecule has 0 spiro atoms.